The van der Waals surface area contributed by atoms with Crippen LogP contribution in [0.4, 0.5) is 4.79 Å². The number of hydrogen-bond donors (Lipinski definition) is 1. The molecule has 0 saturated carbocycles. The van der Waals surface area contributed by atoms with Crippen LogP contribution in [-0.4, -0.2) is 45.8 Å². The SMILES string of the molecule is Cc1nc(-c2ccccc2)sc1C(=O)NCCN1C(=O)CSC1=O. The molecule has 0 aliphatic carbocycles. The maximum Gasteiger partial charge on any atom is 0.288 e. The van der Waals surface area contributed by atoms with E-state index in [2.05, 4.69) is 10.3 Å². The number of benzene rings is 1. The molecule has 0 radical (unpaired) electrons. The predicted molar refractivity (Wildman–Crippen MR) is 94.2 cm³/mol. The fourth-order valence-corrected chi connectivity index (χ4v) is 4.01. The third-order valence-electron chi connectivity index (χ3n) is 3.49. The number of aryl methyl sites for hydroxylation is 1. The van der Waals surface area contributed by atoms with Crippen LogP contribution in [0.15, 0.2) is 30.3 Å². The lowest BCUT2D eigenvalue weighted by atomic mass is 10.2. The van der Waals surface area contributed by atoms with Crippen LogP contribution < -0.4 is 5.32 Å². The van der Waals surface area contributed by atoms with Gasteiger partial charge in [0.25, 0.3) is 11.1 Å². The van der Waals surface area contributed by atoms with Gasteiger partial charge in [0, 0.05) is 18.7 Å². The van der Waals surface area contributed by atoms with Crippen molar-refractivity contribution in [1.82, 2.24) is 15.2 Å². The van der Waals surface area contributed by atoms with Crippen molar-refractivity contribution in [3.8, 4) is 10.6 Å². The zero-order chi connectivity index (χ0) is 17.1. The van der Waals surface area contributed by atoms with Gasteiger partial charge in [0.1, 0.15) is 9.88 Å². The number of aromatic nitrogens is 1. The lowest BCUT2D eigenvalue weighted by molar-refractivity contribution is -0.124. The van der Waals surface area contributed by atoms with Gasteiger partial charge in [-0.15, -0.1) is 11.3 Å². The molecule has 6 nitrogen and oxygen atoms in total. The smallest absolute Gasteiger partial charge is 0.288 e. The molecule has 0 bridgehead atoms. The van der Waals surface area contributed by atoms with E-state index in [9.17, 15) is 14.4 Å². The van der Waals surface area contributed by atoms with E-state index in [1.807, 2.05) is 30.3 Å². The number of imide groups is 1. The molecule has 1 aliphatic heterocycles. The average molecular weight is 361 g/mol. The minimum Gasteiger partial charge on any atom is -0.349 e. The van der Waals surface area contributed by atoms with Gasteiger partial charge in [-0.25, -0.2) is 4.98 Å². The summed E-state index contributed by atoms with van der Waals surface area (Å²) in [6, 6.07) is 9.67. The fraction of sp³-hybridized carbons (Fsp3) is 0.250. The number of nitrogens with zero attached hydrogens (tertiary/aromatic N) is 2. The second kappa shape index (κ2) is 7.14. The van der Waals surface area contributed by atoms with Crippen LogP contribution in [-0.2, 0) is 4.79 Å². The van der Waals surface area contributed by atoms with Crippen LogP contribution in [0, 0.1) is 6.92 Å². The fourth-order valence-electron chi connectivity index (χ4n) is 2.27. The molecular formula is C16H15N3O3S2. The minimum absolute atomic E-state index is 0.182. The Morgan fingerprint density at radius 2 is 2.04 bits per heavy atom. The first-order valence-corrected chi connectivity index (χ1v) is 9.14. The van der Waals surface area contributed by atoms with E-state index in [0.29, 0.717) is 10.6 Å². The molecule has 0 unspecified atom stereocenters. The second-order valence-electron chi connectivity index (χ2n) is 5.16. The van der Waals surface area contributed by atoms with E-state index < -0.39 is 0 Å². The Morgan fingerprint density at radius 1 is 1.29 bits per heavy atom. The summed E-state index contributed by atoms with van der Waals surface area (Å²) in [7, 11) is 0. The molecule has 1 aromatic heterocycles. The molecule has 1 N–H and O–H groups in total. The molecule has 3 amide bonds. The van der Waals surface area contributed by atoms with Crippen molar-refractivity contribution in [2.75, 3.05) is 18.8 Å². The van der Waals surface area contributed by atoms with Crippen molar-refractivity contribution in [2.24, 2.45) is 0 Å². The summed E-state index contributed by atoms with van der Waals surface area (Å²) < 4.78 is 0. The number of amides is 3. The Balaban J connectivity index is 1.62. The molecule has 0 atom stereocenters. The quantitative estimate of drug-likeness (QED) is 0.885. The number of carbonyl (C=O) groups excluding carboxylic acids is 3. The van der Waals surface area contributed by atoms with E-state index in [1.54, 1.807) is 6.92 Å². The normalized spacial score (nSPS) is 14.3. The molecule has 1 fully saturated rings. The van der Waals surface area contributed by atoms with Crippen molar-refractivity contribution < 1.29 is 14.4 Å². The van der Waals surface area contributed by atoms with E-state index in [4.69, 9.17) is 0 Å². The second-order valence-corrected chi connectivity index (χ2v) is 7.08. The molecule has 1 aromatic carbocycles. The van der Waals surface area contributed by atoms with Crippen molar-refractivity contribution in [3.63, 3.8) is 0 Å². The summed E-state index contributed by atoms with van der Waals surface area (Å²) in [6.45, 7) is 2.22. The van der Waals surface area contributed by atoms with E-state index in [0.717, 1.165) is 22.3 Å². The summed E-state index contributed by atoms with van der Waals surface area (Å²) in [6.07, 6.45) is 0. The molecule has 1 saturated heterocycles. The van der Waals surface area contributed by atoms with Gasteiger partial charge in [0.2, 0.25) is 5.91 Å². The Morgan fingerprint density at radius 3 is 2.71 bits per heavy atom. The lowest BCUT2D eigenvalue weighted by Crippen LogP contribution is -2.37. The number of hydrogen-bond acceptors (Lipinski definition) is 6. The van der Waals surface area contributed by atoms with Gasteiger partial charge in [-0.05, 0) is 6.92 Å². The van der Waals surface area contributed by atoms with Crippen molar-refractivity contribution >= 4 is 40.2 Å². The molecule has 1 aliphatic rings. The molecule has 124 valence electrons. The van der Waals surface area contributed by atoms with Gasteiger partial charge >= 0.3 is 0 Å². The van der Waals surface area contributed by atoms with Crippen LogP contribution in [0.25, 0.3) is 10.6 Å². The maximum absolute atomic E-state index is 12.3. The standard InChI is InChI=1S/C16H15N3O3S2/c1-10-13(24-15(18-10)11-5-3-2-4-6-11)14(21)17-7-8-19-12(20)9-23-16(19)22/h2-6H,7-9H2,1H3,(H,17,21). The van der Waals surface area contributed by atoms with Crippen LogP contribution in [0.5, 0.6) is 0 Å². The van der Waals surface area contributed by atoms with E-state index in [1.165, 1.54) is 16.2 Å². The first kappa shape index (κ1) is 16.7. The Kier molecular flexibility index (Phi) is 4.96. The van der Waals surface area contributed by atoms with Gasteiger partial charge in [-0.2, -0.15) is 0 Å². The van der Waals surface area contributed by atoms with Gasteiger partial charge in [0.05, 0.1) is 11.4 Å². The summed E-state index contributed by atoms with van der Waals surface area (Å²) in [5.74, 6) is -0.264. The van der Waals surface area contributed by atoms with Crippen molar-refractivity contribution in [3.05, 3.63) is 40.9 Å². The van der Waals surface area contributed by atoms with Crippen LogP contribution >= 0.6 is 23.1 Å². The number of nitrogens with one attached hydrogen (secondary N) is 1. The molecule has 24 heavy (non-hydrogen) atoms. The first-order valence-electron chi connectivity index (χ1n) is 7.34. The number of carbonyl (C=O) groups is 3. The summed E-state index contributed by atoms with van der Waals surface area (Å²) >= 11 is 2.32. The Labute approximate surface area is 147 Å². The topological polar surface area (TPSA) is 79.4 Å². The Hall–Kier alpha value is -2.19. The molecule has 3 rings (SSSR count). The molecule has 2 aromatic rings. The zero-order valence-electron chi connectivity index (χ0n) is 12.9. The average Bonchev–Trinajstić information content (AvgIpc) is 3.12. The Bertz CT molecular complexity index is 773. The minimum atomic E-state index is -0.255. The third kappa shape index (κ3) is 3.49. The van der Waals surface area contributed by atoms with E-state index >= 15 is 0 Å². The van der Waals surface area contributed by atoms with Crippen molar-refractivity contribution in [2.45, 2.75) is 6.92 Å². The van der Waals surface area contributed by atoms with Crippen LogP contribution in [0.1, 0.15) is 15.4 Å². The molecule has 0 spiro atoms. The highest BCUT2D eigenvalue weighted by Crippen LogP contribution is 2.27. The number of thiazole rings is 1. The lowest BCUT2D eigenvalue weighted by Gasteiger charge is -2.12. The van der Waals surface area contributed by atoms with Gasteiger partial charge < -0.3 is 5.32 Å². The molecular weight excluding hydrogens is 346 g/mol. The molecule has 8 heteroatoms. The zero-order valence-corrected chi connectivity index (χ0v) is 14.6. The highest BCUT2D eigenvalue weighted by molar-refractivity contribution is 8.14. The monoisotopic (exact) mass is 361 g/mol. The highest BCUT2D eigenvalue weighted by atomic mass is 32.2. The van der Waals surface area contributed by atoms with E-state index in [-0.39, 0.29) is 35.9 Å². The van der Waals surface area contributed by atoms with Crippen LogP contribution in [0.3, 0.4) is 0 Å². The van der Waals surface area contributed by atoms with Gasteiger partial charge in [0.15, 0.2) is 0 Å². The highest BCUT2D eigenvalue weighted by Gasteiger charge is 2.29. The van der Waals surface area contributed by atoms with Crippen LogP contribution in [0.2, 0.25) is 0 Å². The largest absolute Gasteiger partial charge is 0.349 e. The first-order chi connectivity index (χ1) is 11.6. The predicted octanol–water partition coefficient (Wildman–Crippen LogP) is 2.54. The number of thioether (sulfide) groups is 1. The summed E-state index contributed by atoms with van der Waals surface area (Å²) in [5, 5.41) is 3.28. The number of rotatable bonds is 5. The molecule has 2 heterocycles. The third-order valence-corrected chi connectivity index (χ3v) is 5.55. The van der Waals surface area contributed by atoms with Gasteiger partial charge in [-0.1, -0.05) is 42.1 Å². The summed E-state index contributed by atoms with van der Waals surface area (Å²) in [4.78, 5) is 41.5. The summed E-state index contributed by atoms with van der Waals surface area (Å²) in [5.41, 5.74) is 1.63. The van der Waals surface area contributed by atoms with Gasteiger partial charge in [-0.3, -0.25) is 19.3 Å². The van der Waals surface area contributed by atoms with Crippen molar-refractivity contribution in [1.29, 1.82) is 0 Å². The maximum atomic E-state index is 12.3.